The van der Waals surface area contributed by atoms with Crippen molar-refractivity contribution in [3.63, 3.8) is 0 Å². The molecule has 0 bridgehead atoms. The van der Waals surface area contributed by atoms with Crippen molar-refractivity contribution in [1.82, 2.24) is 5.32 Å². The highest BCUT2D eigenvalue weighted by molar-refractivity contribution is 6.32. The van der Waals surface area contributed by atoms with Crippen LogP contribution in [-0.4, -0.2) is 25.1 Å². The minimum Gasteiger partial charge on any atom is -0.433 e. The van der Waals surface area contributed by atoms with Gasteiger partial charge >= 0.3 is 12.6 Å². The van der Waals surface area contributed by atoms with E-state index in [1.807, 2.05) is 0 Å². The Morgan fingerprint density at radius 3 is 2.31 bits per heavy atom. The molecule has 0 atom stereocenters. The molecule has 3 amide bonds. The number of hydrogen-bond acceptors (Lipinski definition) is 3. The predicted octanol–water partition coefficient (Wildman–Crippen LogP) is 3.84. The highest BCUT2D eigenvalue weighted by Gasteiger charge is 2.11. The first-order chi connectivity index (χ1) is 12.3. The molecule has 0 aromatic heterocycles. The third-order valence-corrected chi connectivity index (χ3v) is 3.24. The number of benzene rings is 2. The highest BCUT2D eigenvalue weighted by Crippen LogP contribution is 2.28. The molecule has 0 aliphatic rings. The molecule has 0 saturated heterocycles. The van der Waals surface area contributed by atoms with Crippen LogP contribution in [0.4, 0.5) is 29.3 Å². The normalized spacial score (nSPS) is 10.3. The van der Waals surface area contributed by atoms with Gasteiger partial charge in [0.15, 0.2) is 0 Å². The van der Waals surface area contributed by atoms with Crippen molar-refractivity contribution in [3.05, 3.63) is 53.3 Å². The predicted molar refractivity (Wildman–Crippen MR) is 90.1 cm³/mol. The van der Waals surface area contributed by atoms with Crippen LogP contribution in [0, 0.1) is 5.82 Å². The molecule has 138 valence electrons. The van der Waals surface area contributed by atoms with Gasteiger partial charge in [0.25, 0.3) is 0 Å². The van der Waals surface area contributed by atoms with Gasteiger partial charge in [-0.25, -0.2) is 9.18 Å². The number of anilines is 2. The Hall–Kier alpha value is -2.94. The molecule has 0 aliphatic carbocycles. The fourth-order valence-electron chi connectivity index (χ4n) is 1.84. The lowest BCUT2D eigenvalue weighted by Crippen LogP contribution is -2.35. The second-order valence-corrected chi connectivity index (χ2v) is 5.29. The molecular formula is C16H13ClF3N3O3. The maximum atomic E-state index is 12.8. The van der Waals surface area contributed by atoms with Crippen LogP contribution in [0.5, 0.6) is 5.75 Å². The molecule has 2 aromatic rings. The summed E-state index contributed by atoms with van der Waals surface area (Å²) in [5.41, 5.74) is 0.591. The van der Waals surface area contributed by atoms with Crippen molar-refractivity contribution in [3.8, 4) is 5.75 Å². The first-order valence-corrected chi connectivity index (χ1v) is 7.56. The van der Waals surface area contributed by atoms with Crippen LogP contribution in [-0.2, 0) is 4.79 Å². The van der Waals surface area contributed by atoms with Gasteiger partial charge < -0.3 is 20.7 Å². The molecule has 2 rings (SSSR count). The van der Waals surface area contributed by atoms with Gasteiger partial charge in [0, 0.05) is 11.4 Å². The standard InChI is InChI=1S/C16H13ClF3N3O3/c17-12-7-11(5-6-13(12)26-15(19)20)23-16(25)21-8-14(24)22-10-3-1-9(18)2-4-10/h1-7,15H,8H2,(H,22,24)(H2,21,23,25). The third-order valence-electron chi connectivity index (χ3n) is 2.94. The van der Waals surface area contributed by atoms with Crippen LogP contribution < -0.4 is 20.7 Å². The van der Waals surface area contributed by atoms with Crippen LogP contribution in [0.25, 0.3) is 0 Å². The molecule has 0 radical (unpaired) electrons. The molecule has 6 nitrogen and oxygen atoms in total. The molecule has 2 aromatic carbocycles. The van der Waals surface area contributed by atoms with Gasteiger partial charge in [0.2, 0.25) is 5.91 Å². The first kappa shape index (κ1) is 19.4. The fraction of sp³-hybridized carbons (Fsp3) is 0.125. The van der Waals surface area contributed by atoms with E-state index in [0.29, 0.717) is 5.69 Å². The third kappa shape index (κ3) is 6.17. The summed E-state index contributed by atoms with van der Waals surface area (Å²) in [4.78, 5) is 23.4. The molecule has 0 aliphatic heterocycles. The van der Waals surface area contributed by atoms with Crippen molar-refractivity contribution in [1.29, 1.82) is 0 Å². The Morgan fingerprint density at radius 2 is 1.69 bits per heavy atom. The summed E-state index contributed by atoms with van der Waals surface area (Å²) in [6.07, 6.45) is 0. The van der Waals surface area contributed by atoms with Gasteiger partial charge in [-0.05, 0) is 42.5 Å². The number of amides is 3. The minimum atomic E-state index is -3.02. The van der Waals surface area contributed by atoms with Gasteiger partial charge in [-0.2, -0.15) is 8.78 Å². The zero-order valence-corrected chi connectivity index (χ0v) is 13.8. The second kappa shape index (κ2) is 8.95. The zero-order valence-electron chi connectivity index (χ0n) is 13.1. The van der Waals surface area contributed by atoms with E-state index in [2.05, 4.69) is 20.7 Å². The number of carbonyl (C=O) groups excluding carboxylic acids is 2. The average Bonchev–Trinajstić information content (AvgIpc) is 2.57. The monoisotopic (exact) mass is 387 g/mol. The van der Waals surface area contributed by atoms with Crippen LogP contribution >= 0.6 is 11.6 Å². The lowest BCUT2D eigenvalue weighted by molar-refractivity contribution is -0.115. The first-order valence-electron chi connectivity index (χ1n) is 7.18. The number of hydrogen-bond donors (Lipinski definition) is 3. The van der Waals surface area contributed by atoms with E-state index in [0.717, 1.165) is 0 Å². The molecule has 10 heteroatoms. The molecule has 26 heavy (non-hydrogen) atoms. The smallest absolute Gasteiger partial charge is 0.387 e. The lowest BCUT2D eigenvalue weighted by atomic mass is 10.3. The Balaban J connectivity index is 1.82. The Morgan fingerprint density at radius 1 is 1.04 bits per heavy atom. The molecule has 0 saturated carbocycles. The van der Waals surface area contributed by atoms with E-state index >= 15 is 0 Å². The summed E-state index contributed by atoms with van der Waals surface area (Å²) < 4.78 is 41.2. The van der Waals surface area contributed by atoms with Gasteiger partial charge in [-0.1, -0.05) is 11.6 Å². The number of halogens is 4. The van der Waals surface area contributed by atoms with E-state index in [9.17, 15) is 22.8 Å². The number of ether oxygens (including phenoxy) is 1. The Labute approximate surface area is 151 Å². The van der Waals surface area contributed by atoms with Gasteiger partial charge in [-0.15, -0.1) is 0 Å². The van der Waals surface area contributed by atoms with Crippen molar-refractivity contribution in [2.75, 3.05) is 17.2 Å². The highest BCUT2D eigenvalue weighted by atomic mass is 35.5. The average molecular weight is 388 g/mol. The summed E-state index contributed by atoms with van der Waals surface area (Å²) in [5.74, 6) is -1.19. The van der Waals surface area contributed by atoms with Crippen LogP contribution in [0.3, 0.4) is 0 Å². The number of carbonyl (C=O) groups is 2. The minimum absolute atomic E-state index is 0.114. The SMILES string of the molecule is O=C(CNC(=O)Nc1ccc(OC(F)F)c(Cl)c1)Nc1ccc(F)cc1. The van der Waals surface area contributed by atoms with Crippen molar-refractivity contribution < 1.29 is 27.5 Å². The van der Waals surface area contributed by atoms with Gasteiger partial charge in [-0.3, -0.25) is 4.79 Å². The number of urea groups is 1. The fourth-order valence-corrected chi connectivity index (χ4v) is 2.07. The van der Waals surface area contributed by atoms with Crippen molar-refractivity contribution in [2.45, 2.75) is 6.61 Å². The Kier molecular flexibility index (Phi) is 6.67. The second-order valence-electron chi connectivity index (χ2n) is 4.89. The van der Waals surface area contributed by atoms with E-state index in [1.54, 1.807) is 0 Å². The van der Waals surface area contributed by atoms with Gasteiger partial charge in [0.05, 0.1) is 11.6 Å². The summed E-state index contributed by atoms with van der Waals surface area (Å²) >= 11 is 5.76. The van der Waals surface area contributed by atoms with E-state index in [1.165, 1.54) is 42.5 Å². The number of nitrogens with one attached hydrogen (secondary N) is 3. The van der Waals surface area contributed by atoms with Crippen LogP contribution in [0.15, 0.2) is 42.5 Å². The van der Waals surface area contributed by atoms with Crippen molar-refractivity contribution in [2.24, 2.45) is 0 Å². The van der Waals surface area contributed by atoms with Crippen LogP contribution in [0.2, 0.25) is 5.02 Å². The largest absolute Gasteiger partial charge is 0.433 e. The van der Waals surface area contributed by atoms with E-state index < -0.39 is 24.4 Å². The molecule has 0 spiro atoms. The number of rotatable bonds is 6. The Bertz CT molecular complexity index is 788. The maximum Gasteiger partial charge on any atom is 0.387 e. The lowest BCUT2D eigenvalue weighted by Gasteiger charge is -2.10. The van der Waals surface area contributed by atoms with Gasteiger partial charge in [0.1, 0.15) is 11.6 Å². The maximum absolute atomic E-state index is 12.8. The van der Waals surface area contributed by atoms with E-state index in [4.69, 9.17) is 11.6 Å². The van der Waals surface area contributed by atoms with E-state index in [-0.39, 0.29) is 23.0 Å². The molecular weight excluding hydrogens is 375 g/mol. The topological polar surface area (TPSA) is 79.5 Å². The summed E-state index contributed by atoms with van der Waals surface area (Å²) in [7, 11) is 0. The number of alkyl halides is 2. The zero-order chi connectivity index (χ0) is 19.1. The molecule has 0 heterocycles. The quantitative estimate of drug-likeness (QED) is 0.704. The molecule has 0 fully saturated rings. The summed E-state index contributed by atoms with van der Waals surface area (Å²) in [6, 6.07) is 8.10. The summed E-state index contributed by atoms with van der Waals surface area (Å²) in [5, 5.41) is 7.03. The molecule has 0 unspecified atom stereocenters. The van der Waals surface area contributed by atoms with Crippen molar-refractivity contribution >= 4 is 34.9 Å². The van der Waals surface area contributed by atoms with Crippen LogP contribution in [0.1, 0.15) is 0 Å². The molecule has 3 N–H and O–H groups in total. The summed E-state index contributed by atoms with van der Waals surface area (Å²) in [6.45, 7) is -3.36.